The lowest BCUT2D eigenvalue weighted by molar-refractivity contribution is -0.145. The van der Waals surface area contributed by atoms with E-state index in [1.165, 1.54) is 17.0 Å². The molecular formula is C27H25ClF3NO4. The number of hydrogen-bond acceptors (Lipinski definition) is 4. The molecule has 3 rings (SSSR count). The lowest BCUT2D eigenvalue weighted by atomic mass is 9.95. The Hall–Kier alpha value is -3.52. The topological polar surface area (TPSA) is 55.8 Å². The summed E-state index contributed by atoms with van der Waals surface area (Å²) in [5.41, 5.74) is 1.22. The molecule has 1 amide bonds. The van der Waals surface area contributed by atoms with Gasteiger partial charge in [-0.1, -0.05) is 66.2 Å². The minimum Gasteiger partial charge on any atom is -0.461 e. The van der Waals surface area contributed by atoms with Gasteiger partial charge >= 0.3 is 18.2 Å². The Morgan fingerprint density at radius 1 is 0.917 bits per heavy atom. The van der Waals surface area contributed by atoms with Crippen molar-refractivity contribution in [2.75, 3.05) is 6.54 Å². The van der Waals surface area contributed by atoms with Crippen LogP contribution in [0.1, 0.15) is 36.1 Å². The zero-order chi connectivity index (χ0) is 26.3. The number of amides is 1. The summed E-state index contributed by atoms with van der Waals surface area (Å²) in [6.45, 7) is 2.98. The van der Waals surface area contributed by atoms with Gasteiger partial charge in [-0.3, -0.25) is 4.79 Å². The van der Waals surface area contributed by atoms with Gasteiger partial charge in [0.1, 0.15) is 13.2 Å². The van der Waals surface area contributed by atoms with Gasteiger partial charge in [-0.25, -0.2) is 4.79 Å². The van der Waals surface area contributed by atoms with E-state index in [-0.39, 0.29) is 18.7 Å². The number of hydrogen-bond donors (Lipinski definition) is 0. The summed E-state index contributed by atoms with van der Waals surface area (Å²) in [6, 6.07) is 18.8. The third-order valence-corrected chi connectivity index (χ3v) is 5.72. The van der Waals surface area contributed by atoms with Crippen LogP contribution in [-0.4, -0.2) is 23.5 Å². The van der Waals surface area contributed by atoms with Crippen LogP contribution < -0.4 is 0 Å². The van der Waals surface area contributed by atoms with Crippen molar-refractivity contribution >= 4 is 23.7 Å². The maximum absolute atomic E-state index is 13.7. The molecule has 0 aliphatic heterocycles. The highest BCUT2D eigenvalue weighted by molar-refractivity contribution is 6.31. The highest BCUT2D eigenvalue weighted by Crippen LogP contribution is 2.40. The van der Waals surface area contributed by atoms with Crippen molar-refractivity contribution in [1.29, 1.82) is 0 Å². The van der Waals surface area contributed by atoms with Crippen LogP contribution in [0.5, 0.6) is 0 Å². The summed E-state index contributed by atoms with van der Waals surface area (Å²) in [7, 11) is 0. The van der Waals surface area contributed by atoms with E-state index < -0.39 is 35.4 Å². The fourth-order valence-electron chi connectivity index (χ4n) is 3.69. The number of ether oxygens (including phenoxy) is 2. The Bertz CT molecular complexity index is 1220. The molecule has 0 fully saturated rings. The van der Waals surface area contributed by atoms with Crippen molar-refractivity contribution in [2.45, 2.75) is 39.8 Å². The number of benzene rings is 3. The number of nitrogens with zero attached hydrogens (tertiary/aromatic N) is 1. The van der Waals surface area contributed by atoms with Gasteiger partial charge in [0, 0.05) is 25.6 Å². The molecule has 5 nitrogen and oxygen atoms in total. The summed E-state index contributed by atoms with van der Waals surface area (Å²) < 4.78 is 51.3. The Kier molecular flexibility index (Phi) is 8.98. The second kappa shape index (κ2) is 11.9. The number of alkyl halides is 3. The molecular weight excluding hydrogens is 495 g/mol. The Balaban J connectivity index is 1.90. The number of carbonyl (C=O) groups is 2. The lowest BCUT2D eigenvalue weighted by Crippen LogP contribution is -2.31. The van der Waals surface area contributed by atoms with Gasteiger partial charge in [0.15, 0.2) is 0 Å². The zero-order valence-electron chi connectivity index (χ0n) is 19.8. The third kappa shape index (κ3) is 7.01. The minimum absolute atomic E-state index is 0.117. The number of rotatable bonds is 8. The van der Waals surface area contributed by atoms with E-state index in [1.54, 1.807) is 31.2 Å². The number of halogens is 4. The van der Waals surface area contributed by atoms with Crippen LogP contribution >= 0.6 is 11.6 Å². The molecule has 0 saturated heterocycles. The van der Waals surface area contributed by atoms with Crippen LogP contribution in [0, 0.1) is 0 Å². The van der Waals surface area contributed by atoms with Crippen molar-refractivity contribution in [3.63, 3.8) is 0 Å². The van der Waals surface area contributed by atoms with Crippen LogP contribution in [0.25, 0.3) is 11.1 Å². The largest absolute Gasteiger partial charge is 0.461 e. The van der Waals surface area contributed by atoms with Crippen molar-refractivity contribution in [1.82, 2.24) is 4.90 Å². The maximum Gasteiger partial charge on any atom is 0.418 e. The van der Waals surface area contributed by atoms with Crippen LogP contribution in [0.3, 0.4) is 0 Å². The maximum atomic E-state index is 13.7. The van der Waals surface area contributed by atoms with E-state index in [1.807, 2.05) is 30.3 Å². The van der Waals surface area contributed by atoms with E-state index in [2.05, 4.69) is 0 Å². The normalized spacial score (nSPS) is 11.2. The van der Waals surface area contributed by atoms with E-state index >= 15 is 0 Å². The third-order valence-electron chi connectivity index (χ3n) is 5.42. The highest BCUT2D eigenvalue weighted by atomic mass is 35.5. The van der Waals surface area contributed by atoms with E-state index in [0.29, 0.717) is 23.2 Å². The molecule has 0 spiro atoms. The molecule has 0 aromatic heterocycles. The fourth-order valence-corrected chi connectivity index (χ4v) is 4.04. The molecule has 0 unspecified atom stereocenters. The van der Waals surface area contributed by atoms with Crippen molar-refractivity contribution in [2.24, 2.45) is 0 Å². The Morgan fingerprint density at radius 3 is 2.22 bits per heavy atom. The lowest BCUT2D eigenvalue weighted by Gasteiger charge is -2.23. The van der Waals surface area contributed by atoms with Gasteiger partial charge in [0.2, 0.25) is 0 Å². The molecule has 3 aromatic carbocycles. The first-order valence-corrected chi connectivity index (χ1v) is 11.5. The van der Waals surface area contributed by atoms with Gasteiger partial charge in [0.05, 0.1) is 10.6 Å². The van der Waals surface area contributed by atoms with Gasteiger partial charge in [0.25, 0.3) is 0 Å². The molecule has 0 aliphatic rings. The van der Waals surface area contributed by atoms with E-state index in [4.69, 9.17) is 21.1 Å². The molecule has 3 aromatic rings. The second-order valence-corrected chi connectivity index (χ2v) is 8.39. The standard InChI is InChI=1S/C27H25ClF3NO4/c1-3-32(26(34)36-16-19-9-5-4-6-10-19)15-20-11-7-8-12-23(20)21-13-22(17-35-18(2)33)25(24(28)14-21)27(29,30)31/h4-14H,3,15-17H2,1-2H3. The number of esters is 1. The monoisotopic (exact) mass is 519 g/mol. The highest BCUT2D eigenvalue weighted by Gasteiger charge is 2.36. The quantitative estimate of drug-likeness (QED) is 0.294. The second-order valence-electron chi connectivity index (χ2n) is 7.98. The van der Waals surface area contributed by atoms with E-state index in [0.717, 1.165) is 12.5 Å². The molecule has 0 heterocycles. The van der Waals surface area contributed by atoms with Crippen LogP contribution in [0.2, 0.25) is 5.02 Å². The van der Waals surface area contributed by atoms with Gasteiger partial charge in [-0.15, -0.1) is 0 Å². The summed E-state index contributed by atoms with van der Waals surface area (Å²) in [4.78, 5) is 25.5. The van der Waals surface area contributed by atoms with Crippen LogP contribution in [0.4, 0.5) is 18.0 Å². The zero-order valence-corrected chi connectivity index (χ0v) is 20.5. The molecule has 0 bridgehead atoms. The number of carbonyl (C=O) groups excluding carboxylic acids is 2. The Morgan fingerprint density at radius 2 is 1.58 bits per heavy atom. The molecule has 0 saturated carbocycles. The summed E-state index contributed by atoms with van der Waals surface area (Å²) in [5.74, 6) is -0.711. The molecule has 0 aliphatic carbocycles. The van der Waals surface area contributed by atoms with Gasteiger partial charge in [-0.2, -0.15) is 13.2 Å². The summed E-state index contributed by atoms with van der Waals surface area (Å²) >= 11 is 6.07. The minimum atomic E-state index is -4.73. The molecule has 0 radical (unpaired) electrons. The molecule has 190 valence electrons. The SMILES string of the molecule is CCN(Cc1ccccc1-c1cc(Cl)c(C(F)(F)F)c(COC(C)=O)c1)C(=O)OCc1ccccc1. The molecule has 0 N–H and O–H groups in total. The first kappa shape index (κ1) is 27.1. The Labute approximate surface area is 212 Å². The first-order chi connectivity index (χ1) is 17.1. The van der Waals surface area contributed by atoms with Crippen LogP contribution in [-0.2, 0) is 40.2 Å². The first-order valence-electron chi connectivity index (χ1n) is 11.2. The predicted octanol–water partition coefficient (Wildman–Crippen LogP) is 7.25. The van der Waals surface area contributed by atoms with Gasteiger partial charge < -0.3 is 14.4 Å². The van der Waals surface area contributed by atoms with Crippen molar-refractivity contribution < 1.29 is 32.2 Å². The van der Waals surface area contributed by atoms with Crippen LogP contribution in [0.15, 0.2) is 66.7 Å². The summed E-state index contributed by atoms with van der Waals surface area (Å²) in [6.07, 6.45) is -5.25. The van der Waals surface area contributed by atoms with Crippen molar-refractivity contribution in [3.05, 3.63) is 94.0 Å². The van der Waals surface area contributed by atoms with E-state index in [9.17, 15) is 22.8 Å². The molecule has 36 heavy (non-hydrogen) atoms. The van der Waals surface area contributed by atoms with Gasteiger partial charge in [-0.05, 0) is 41.3 Å². The molecule has 9 heteroatoms. The average molecular weight is 520 g/mol. The van der Waals surface area contributed by atoms with Crippen molar-refractivity contribution in [3.8, 4) is 11.1 Å². The average Bonchev–Trinajstić information content (AvgIpc) is 2.84. The fraction of sp³-hybridized carbons (Fsp3) is 0.259. The smallest absolute Gasteiger partial charge is 0.418 e. The predicted molar refractivity (Wildman–Crippen MR) is 130 cm³/mol. The molecule has 0 atom stereocenters. The summed E-state index contributed by atoms with van der Waals surface area (Å²) in [5, 5.41) is -0.508.